The molecule has 1 aliphatic rings. The standard InChI is InChI=1S/C9H16.C3H6/c1-7(2)9-5-4-8(3)6-9;1-3-2/h8-9H,1,4-6H2,2-3H3;3H,1H2,2H3. The van der Waals surface area contributed by atoms with Gasteiger partial charge < -0.3 is 0 Å². The molecule has 12 heavy (non-hydrogen) atoms. The minimum atomic E-state index is 0.847. The Kier molecular flexibility index (Phi) is 5.79. The second kappa shape index (κ2) is 6.05. The van der Waals surface area contributed by atoms with Crippen LogP contribution in [0.2, 0.25) is 0 Å². The van der Waals surface area contributed by atoms with Crippen molar-refractivity contribution in [3.8, 4) is 0 Å². The van der Waals surface area contributed by atoms with Crippen LogP contribution in [-0.2, 0) is 0 Å². The number of allylic oxidation sites excluding steroid dienone is 2. The van der Waals surface area contributed by atoms with Crippen molar-refractivity contribution in [2.75, 3.05) is 0 Å². The van der Waals surface area contributed by atoms with E-state index >= 15 is 0 Å². The van der Waals surface area contributed by atoms with Crippen LogP contribution in [-0.4, -0.2) is 0 Å². The first kappa shape index (κ1) is 11.5. The predicted octanol–water partition coefficient (Wildman–Crippen LogP) is 4.19. The van der Waals surface area contributed by atoms with Gasteiger partial charge in [0.2, 0.25) is 0 Å². The van der Waals surface area contributed by atoms with E-state index in [9.17, 15) is 0 Å². The monoisotopic (exact) mass is 166 g/mol. The average Bonchev–Trinajstić information content (AvgIpc) is 2.37. The van der Waals surface area contributed by atoms with E-state index in [1.165, 1.54) is 24.8 Å². The SMILES string of the molecule is C=C(C)C1CCC(C)C1.C=CC. The molecule has 0 heterocycles. The summed E-state index contributed by atoms with van der Waals surface area (Å²) in [7, 11) is 0. The molecule has 0 radical (unpaired) electrons. The van der Waals surface area contributed by atoms with Gasteiger partial charge in [-0.05, 0) is 38.5 Å². The minimum Gasteiger partial charge on any atom is -0.103 e. The van der Waals surface area contributed by atoms with Crippen molar-refractivity contribution in [2.24, 2.45) is 11.8 Å². The zero-order chi connectivity index (χ0) is 9.56. The van der Waals surface area contributed by atoms with Gasteiger partial charge in [-0.3, -0.25) is 0 Å². The minimum absolute atomic E-state index is 0.847. The van der Waals surface area contributed by atoms with Crippen LogP contribution >= 0.6 is 0 Å². The van der Waals surface area contributed by atoms with Crippen molar-refractivity contribution >= 4 is 0 Å². The molecule has 0 nitrogen and oxygen atoms in total. The molecule has 1 fully saturated rings. The van der Waals surface area contributed by atoms with Crippen LogP contribution in [0.25, 0.3) is 0 Å². The lowest BCUT2D eigenvalue weighted by atomic mass is 10.00. The Morgan fingerprint density at radius 3 is 2.08 bits per heavy atom. The van der Waals surface area contributed by atoms with E-state index in [1.807, 2.05) is 6.92 Å². The van der Waals surface area contributed by atoms with Crippen LogP contribution in [0.5, 0.6) is 0 Å². The second-order valence-electron chi connectivity index (χ2n) is 3.87. The molecule has 0 aliphatic heterocycles. The molecule has 0 amide bonds. The van der Waals surface area contributed by atoms with Gasteiger partial charge in [-0.25, -0.2) is 0 Å². The molecule has 0 spiro atoms. The van der Waals surface area contributed by atoms with Crippen molar-refractivity contribution in [1.82, 2.24) is 0 Å². The second-order valence-corrected chi connectivity index (χ2v) is 3.87. The van der Waals surface area contributed by atoms with Crippen LogP contribution in [0.15, 0.2) is 24.8 Å². The van der Waals surface area contributed by atoms with E-state index < -0.39 is 0 Å². The highest BCUT2D eigenvalue weighted by Crippen LogP contribution is 2.33. The lowest BCUT2D eigenvalue weighted by Crippen LogP contribution is -1.93. The fraction of sp³-hybridized carbons (Fsp3) is 0.667. The zero-order valence-corrected chi connectivity index (χ0v) is 8.77. The Balaban J connectivity index is 0.000000354. The van der Waals surface area contributed by atoms with Crippen LogP contribution in [0, 0.1) is 11.8 Å². The Morgan fingerprint density at radius 1 is 1.42 bits per heavy atom. The van der Waals surface area contributed by atoms with Gasteiger partial charge in [0.25, 0.3) is 0 Å². The Morgan fingerprint density at radius 2 is 1.92 bits per heavy atom. The van der Waals surface area contributed by atoms with Gasteiger partial charge in [0.1, 0.15) is 0 Å². The molecule has 1 aliphatic carbocycles. The molecular weight excluding hydrogens is 144 g/mol. The predicted molar refractivity (Wildman–Crippen MR) is 57.2 cm³/mol. The van der Waals surface area contributed by atoms with E-state index in [2.05, 4.69) is 27.0 Å². The molecule has 0 heteroatoms. The van der Waals surface area contributed by atoms with Crippen molar-refractivity contribution in [3.63, 3.8) is 0 Å². The largest absolute Gasteiger partial charge is 0.103 e. The van der Waals surface area contributed by atoms with Crippen molar-refractivity contribution in [2.45, 2.75) is 40.0 Å². The first-order valence-corrected chi connectivity index (χ1v) is 4.84. The molecule has 70 valence electrons. The van der Waals surface area contributed by atoms with Gasteiger partial charge >= 0.3 is 0 Å². The maximum Gasteiger partial charge on any atom is -0.0206 e. The summed E-state index contributed by atoms with van der Waals surface area (Å²) in [6, 6.07) is 0. The third kappa shape index (κ3) is 4.38. The summed E-state index contributed by atoms with van der Waals surface area (Å²) in [5, 5.41) is 0. The highest BCUT2D eigenvalue weighted by Gasteiger charge is 2.20. The molecule has 1 rings (SSSR count). The Hall–Kier alpha value is -0.520. The zero-order valence-electron chi connectivity index (χ0n) is 8.77. The van der Waals surface area contributed by atoms with Crippen LogP contribution in [0.1, 0.15) is 40.0 Å². The number of hydrogen-bond donors (Lipinski definition) is 0. The molecule has 0 saturated heterocycles. The Labute approximate surface area is 77.4 Å². The fourth-order valence-electron chi connectivity index (χ4n) is 1.65. The molecule has 0 N–H and O–H groups in total. The summed E-state index contributed by atoms with van der Waals surface area (Å²) in [4.78, 5) is 0. The van der Waals surface area contributed by atoms with Crippen molar-refractivity contribution in [1.29, 1.82) is 0 Å². The lowest BCUT2D eigenvalue weighted by molar-refractivity contribution is 0.572. The van der Waals surface area contributed by atoms with Gasteiger partial charge in [-0.2, -0.15) is 0 Å². The molecule has 0 aromatic rings. The van der Waals surface area contributed by atoms with E-state index in [1.54, 1.807) is 6.08 Å². The maximum absolute atomic E-state index is 3.97. The van der Waals surface area contributed by atoms with Gasteiger partial charge in [0, 0.05) is 0 Å². The summed E-state index contributed by atoms with van der Waals surface area (Å²) in [5.74, 6) is 1.80. The summed E-state index contributed by atoms with van der Waals surface area (Å²) in [5.41, 5.74) is 1.39. The highest BCUT2D eigenvalue weighted by molar-refractivity contribution is 4.99. The Bertz CT molecular complexity index is 144. The summed E-state index contributed by atoms with van der Waals surface area (Å²) in [6.45, 7) is 13.7. The average molecular weight is 166 g/mol. The van der Waals surface area contributed by atoms with Crippen molar-refractivity contribution in [3.05, 3.63) is 24.8 Å². The molecule has 1 saturated carbocycles. The van der Waals surface area contributed by atoms with E-state index in [0.29, 0.717) is 0 Å². The summed E-state index contributed by atoms with van der Waals surface area (Å²) < 4.78 is 0. The first-order chi connectivity index (χ1) is 5.61. The molecule has 0 aromatic carbocycles. The van der Waals surface area contributed by atoms with Crippen LogP contribution in [0.3, 0.4) is 0 Å². The summed E-state index contributed by atoms with van der Waals surface area (Å²) in [6.07, 6.45) is 5.93. The topological polar surface area (TPSA) is 0 Å². The van der Waals surface area contributed by atoms with Gasteiger partial charge in [0.15, 0.2) is 0 Å². The van der Waals surface area contributed by atoms with Gasteiger partial charge in [-0.15, -0.1) is 6.58 Å². The summed E-state index contributed by atoms with van der Waals surface area (Å²) >= 11 is 0. The number of hydrogen-bond acceptors (Lipinski definition) is 0. The van der Waals surface area contributed by atoms with E-state index in [4.69, 9.17) is 0 Å². The lowest BCUT2D eigenvalue weighted by Gasteiger charge is -2.06. The van der Waals surface area contributed by atoms with Crippen LogP contribution in [0.4, 0.5) is 0 Å². The molecule has 2 atom stereocenters. The van der Waals surface area contributed by atoms with Crippen LogP contribution < -0.4 is 0 Å². The normalized spacial score (nSPS) is 27.2. The third-order valence-corrected chi connectivity index (χ3v) is 2.39. The first-order valence-electron chi connectivity index (χ1n) is 4.84. The quantitative estimate of drug-likeness (QED) is 0.512. The smallest absolute Gasteiger partial charge is 0.0206 e. The molecule has 0 bridgehead atoms. The fourth-order valence-corrected chi connectivity index (χ4v) is 1.65. The maximum atomic E-state index is 3.97. The van der Waals surface area contributed by atoms with Crippen molar-refractivity contribution < 1.29 is 0 Å². The third-order valence-electron chi connectivity index (χ3n) is 2.39. The van der Waals surface area contributed by atoms with Gasteiger partial charge in [0.05, 0.1) is 0 Å². The van der Waals surface area contributed by atoms with Gasteiger partial charge in [-0.1, -0.05) is 31.6 Å². The van der Waals surface area contributed by atoms with E-state index in [-0.39, 0.29) is 0 Å². The van der Waals surface area contributed by atoms with E-state index in [0.717, 1.165) is 11.8 Å². The highest BCUT2D eigenvalue weighted by atomic mass is 14.3. The molecule has 2 unspecified atom stereocenters. The molecular formula is C12H22. The molecule has 0 aromatic heterocycles. The number of rotatable bonds is 1.